The van der Waals surface area contributed by atoms with Gasteiger partial charge in [-0.15, -0.1) is 0 Å². The van der Waals surface area contributed by atoms with Gasteiger partial charge in [0, 0.05) is 13.2 Å². The summed E-state index contributed by atoms with van der Waals surface area (Å²) in [6.45, 7) is 0. The van der Waals surface area contributed by atoms with Crippen molar-refractivity contribution in [2.45, 2.75) is 6.23 Å². The van der Waals surface area contributed by atoms with Crippen molar-refractivity contribution in [3.05, 3.63) is 48.0 Å². The number of nitrogens with one attached hydrogen (secondary N) is 1. The van der Waals surface area contributed by atoms with E-state index >= 15 is 0 Å². The smallest absolute Gasteiger partial charge is 0.319 e. The van der Waals surface area contributed by atoms with Crippen LogP contribution >= 0.6 is 11.6 Å². The number of benzene rings is 1. The summed E-state index contributed by atoms with van der Waals surface area (Å²) in [6, 6.07) is 2.12. The lowest BCUT2D eigenvalue weighted by Gasteiger charge is -2.14. The van der Waals surface area contributed by atoms with Crippen LogP contribution in [0.3, 0.4) is 0 Å². The monoisotopic (exact) mass is 313 g/mol. The average molecular weight is 314 g/mol. The topological polar surface area (TPSA) is 124 Å². The van der Waals surface area contributed by atoms with E-state index in [1.54, 1.807) is 0 Å². The molecule has 1 N–H and O–H groups in total. The van der Waals surface area contributed by atoms with E-state index in [-0.39, 0.29) is 16.1 Å². The number of aromatic amines is 1. The van der Waals surface area contributed by atoms with Gasteiger partial charge in [-0.05, 0) is 6.07 Å². The third kappa shape index (κ3) is 2.43. The van der Waals surface area contributed by atoms with Gasteiger partial charge in [0.25, 0.3) is 5.69 Å². The molecule has 1 heterocycles. The molecule has 0 fully saturated rings. The van der Waals surface area contributed by atoms with Crippen molar-refractivity contribution in [2.24, 2.45) is 0 Å². The second-order valence-corrected chi connectivity index (χ2v) is 4.38. The number of hydrogen-bond acceptors (Lipinski definition) is 6. The van der Waals surface area contributed by atoms with Crippen molar-refractivity contribution in [3.63, 3.8) is 0 Å². The molecule has 0 amide bonds. The molecule has 0 aliphatic heterocycles. The molecule has 1 atom stereocenters. The van der Waals surface area contributed by atoms with Crippen molar-refractivity contribution in [1.29, 1.82) is 0 Å². The minimum absolute atomic E-state index is 0.0143. The van der Waals surface area contributed by atoms with Crippen LogP contribution in [-0.4, -0.2) is 27.9 Å². The van der Waals surface area contributed by atoms with Crippen LogP contribution in [0.2, 0.25) is 5.02 Å². The van der Waals surface area contributed by atoms with E-state index in [4.69, 9.17) is 16.3 Å². The molecule has 10 heteroatoms. The zero-order chi connectivity index (χ0) is 15.7. The first kappa shape index (κ1) is 14.9. The molecule has 0 spiro atoms. The summed E-state index contributed by atoms with van der Waals surface area (Å²) < 4.78 is 5.59. The third-order valence-electron chi connectivity index (χ3n) is 2.80. The number of nitro groups is 1. The second kappa shape index (κ2) is 5.46. The molecule has 0 saturated heterocycles. The van der Waals surface area contributed by atoms with Crippen LogP contribution in [0, 0.1) is 10.1 Å². The van der Waals surface area contributed by atoms with Crippen molar-refractivity contribution in [2.75, 3.05) is 7.11 Å². The molecule has 0 bridgehead atoms. The van der Waals surface area contributed by atoms with Gasteiger partial charge >= 0.3 is 11.1 Å². The third-order valence-corrected chi connectivity index (χ3v) is 3.10. The first-order valence-corrected chi connectivity index (χ1v) is 5.89. The Kier molecular flexibility index (Phi) is 3.87. The molecule has 0 aliphatic rings. The number of carbonyl (C=O) groups is 1. The van der Waals surface area contributed by atoms with Gasteiger partial charge in [0.15, 0.2) is 12.5 Å². The fourth-order valence-corrected chi connectivity index (χ4v) is 2.09. The van der Waals surface area contributed by atoms with Gasteiger partial charge < -0.3 is 9.72 Å². The molecule has 1 aromatic carbocycles. The highest BCUT2D eigenvalue weighted by atomic mass is 35.5. The van der Waals surface area contributed by atoms with Gasteiger partial charge in [0.2, 0.25) is 0 Å². The maximum atomic E-state index is 11.9. The van der Waals surface area contributed by atoms with E-state index in [9.17, 15) is 24.5 Å². The van der Waals surface area contributed by atoms with E-state index in [2.05, 4.69) is 4.98 Å². The summed E-state index contributed by atoms with van der Waals surface area (Å²) in [7, 11) is 1.17. The van der Waals surface area contributed by atoms with Crippen molar-refractivity contribution >= 4 is 34.6 Å². The SMILES string of the molecule is COC(C=O)n1c(=O)c(=O)[nH]c2cc([N+](=O)[O-])c(Cl)cc21. The standard InChI is InChI=1S/C11H8ClN3O6/c1-21-9(4-16)14-8-2-5(12)7(15(19)20)3-6(8)13-10(17)11(14)18/h2-4,9H,1H3,(H,13,17). The number of H-pyrrole nitrogens is 1. The molecular weight excluding hydrogens is 306 g/mol. The normalized spacial score (nSPS) is 12.3. The number of aldehydes is 1. The maximum absolute atomic E-state index is 11.9. The number of ether oxygens (including phenoxy) is 1. The summed E-state index contributed by atoms with van der Waals surface area (Å²) >= 11 is 5.78. The van der Waals surface area contributed by atoms with Crippen LogP contribution in [-0.2, 0) is 9.53 Å². The number of halogens is 1. The Bertz CT molecular complexity index is 855. The first-order chi connectivity index (χ1) is 9.90. The minimum atomic E-state index is -1.35. The molecule has 0 aliphatic carbocycles. The van der Waals surface area contributed by atoms with E-state index in [0.29, 0.717) is 6.29 Å². The van der Waals surface area contributed by atoms with Crippen LogP contribution in [0.15, 0.2) is 21.7 Å². The molecule has 2 rings (SSSR count). The van der Waals surface area contributed by atoms with Gasteiger partial charge in [-0.1, -0.05) is 11.6 Å². The zero-order valence-corrected chi connectivity index (χ0v) is 11.3. The fraction of sp³-hybridized carbons (Fsp3) is 0.182. The number of fused-ring (bicyclic) bond motifs is 1. The van der Waals surface area contributed by atoms with Crippen LogP contribution in [0.25, 0.3) is 11.0 Å². The predicted molar refractivity (Wildman–Crippen MR) is 72.6 cm³/mol. The van der Waals surface area contributed by atoms with Crippen LogP contribution in [0.1, 0.15) is 6.23 Å². The zero-order valence-electron chi connectivity index (χ0n) is 10.5. The van der Waals surface area contributed by atoms with E-state index in [1.165, 1.54) is 7.11 Å². The first-order valence-electron chi connectivity index (χ1n) is 5.51. The summed E-state index contributed by atoms with van der Waals surface area (Å²) in [5.41, 5.74) is -2.49. The highest BCUT2D eigenvalue weighted by Crippen LogP contribution is 2.28. The Hall–Kier alpha value is -2.52. The molecule has 2 aromatic rings. The van der Waals surface area contributed by atoms with Crippen LogP contribution in [0.5, 0.6) is 0 Å². The van der Waals surface area contributed by atoms with E-state index in [0.717, 1.165) is 16.7 Å². The Morgan fingerprint density at radius 1 is 1.48 bits per heavy atom. The lowest BCUT2D eigenvalue weighted by atomic mass is 10.2. The average Bonchev–Trinajstić information content (AvgIpc) is 2.44. The number of methoxy groups -OCH3 is 1. The molecule has 1 unspecified atom stereocenters. The molecule has 21 heavy (non-hydrogen) atoms. The summed E-state index contributed by atoms with van der Waals surface area (Å²) in [6.07, 6.45) is -1.03. The summed E-state index contributed by atoms with van der Waals surface area (Å²) in [5.74, 6) is 0. The lowest BCUT2D eigenvalue weighted by Crippen LogP contribution is -2.39. The summed E-state index contributed by atoms with van der Waals surface area (Å²) in [5, 5.41) is 10.6. The van der Waals surface area contributed by atoms with Gasteiger partial charge in [-0.25, -0.2) is 0 Å². The largest absolute Gasteiger partial charge is 0.354 e. The Labute approximate surface area is 120 Å². The van der Waals surface area contributed by atoms with Gasteiger partial charge in [0.05, 0.1) is 16.0 Å². The Morgan fingerprint density at radius 3 is 2.67 bits per heavy atom. The van der Waals surface area contributed by atoms with Gasteiger partial charge in [-0.3, -0.25) is 29.1 Å². The number of aromatic nitrogens is 2. The number of rotatable bonds is 4. The number of nitro benzene ring substituents is 1. The fourth-order valence-electron chi connectivity index (χ4n) is 1.86. The highest BCUT2D eigenvalue weighted by molar-refractivity contribution is 6.33. The van der Waals surface area contributed by atoms with Crippen molar-refractivity contribution < 1.29 is 14.5 Å². The molecular formula is C11H8ClN3O6. The van der Waals surface area contributed by atoms with Crippen molar-refractivity contribution in [3.8, 4) is 0 Å². The Balaban J connectivity index is 2.97. The quantitative estimate of drug-likeness (QED) is 0.381. The van der Waals surface area contributed by atoms with E-state index in [1.807, 2.05) is 0 Å². The van der Waals surface area contributed by atoms with Gasteiger partial charge in [0.1, 0.15) is 5.02 Å². The Morgan fingerprint density at radius 2 is 2.14 bits per heavy atom. The van der Waals surface area contributed by atoms with Crippen molar-refractivity contribution in [1.82, 2.24) is 9.55 Å². The molecule has 110 valence electrons. The van der Waals surface area contributed by atoms with E-state index < -0.39 is 28.0 Å². The van der Waals surface area contributed by atoms with Gasteiger partial charge in [-0.2, -0.15) is 0 Å². The predicted octanol–water partition coefficient (Wildman–Crippen LogP) is 0.595. The molecule has 0 radical (unpaired) electrons. The lowest BCUT2D eigenvalue weighted by molar-refractivity contribution is -0.384. The van der Waals surface area contributed by atoms with Crippen LogP contribution in [0.4, 0.5) is 5.69 Å². The van der Waals surface area contributed by atoms with Crippen LogP contribution < -0.4 is 11.1 Å². The number of nitrogens with zero attached hydrogens (tertiary/aromatic N) is 2. The number of carbonyl (C=O) groups excluding carboxylic acids is 1. The summed E-state index contributed by atoms with van der Waals surface area (Å²) in [4.78, 5) is 46.7. The number of hydrogen-bond donors (Lipinski definition) is 1. The molecule has 9 nitrogen and oxygen atoms in total. The maximum Gasteiger partial charge on any atom is 0.319 e. The second-order valence-electron chi connectivity index (χ2n) is 3.97. The minimum Gasteiger partial charge on any atom is -0.354 e. The molecule has 0 saturated carbocycles. The highest BCUT2D eigenvalue weighted by Gasteiger charge is 2.20. The molecule has 1 aromatic heterocycles.